The van der Waals surface area contributed by atoms with Crippen LogP contribution in [0.4, 0.5) is 4.39 Å². The van der Waals surface area contributed by atoms with Crippen LogP contribution in [-0.4, -0.2) is 10.9 Å². The summed E-state index contributed by atoms with van der Waals surface area (Å²) in [6.45, 7) is 1.69. The van der Waals surface area contributed by atoms with Crippen molar-refractivity contribution < 1.29 is 9.60 Å². The van der Waals surface area contributed by atoms with Gasteiger partial charge in [0.15, 0.2) is 0 Å². The molecule has 0 fully saturated rings. The van der Waals surface area contributed by atoms with Gasteiger partial charge in [0.05, 0.1) is 5.71 Å². The van der Waals surface area contributed by atoms with Gasteiger partial charge in [0.25, 0.3) is 0 Å². The van der Waals surface area contributed by atoms with Crippen LogP contribution in [0.3, 0.4) is 0 Å². The minimum Gasteiger partial charge on any atom is -0.411 e. The molecule has 0 aliphatic carbocycles. The van der Waals surface area contributed by atoms with Gasteiger partial charge in [-0.25, -0.2) is 4.39 Å². The summed E-state index contributed by atoms with van der Waals surface area (Å²) in [7, 11) is 0. The standard InChI is InChI=1S/C9H10FNO/c1-7(11-12)5-8-3-2-4-9(10)6-8/h2-4,6,12H,5H2,1H3/b11-7+. The Labute approximate surface area is 70.3 Å². The van der Waals surface area contributed by atoms with Crippen LogP contribution in [0.2, 0.25) is 0 Å². The van der Waals surface area contributed by atoms with Crippen LogP contribution in [0.1, 0.15) is 12.5 Å². The molecular weight excluding hydrogens is 157 g/mol. The smallest absolute Gasteiger partial charge is 0.123 e. The third-order valence-corrected chi connectivity index (χ3v) is 1.52. The van der Waals surface area contributed by atoms with Gasteiger partial charge >= 0.3 is 0 Å². The Kier molecular flexibility index (Phi) is 2.80. The molecule has 0 radical (unpaired) electrons. The highest BCUT2D eigenvalue weighted by molar-refractivity contribution is 5.83. The first-order valence-corrected chi connectivity index (χ1v) is 3.64. The lowest BCUT2D eigenvalue weighted by molar-refractivity contribution is 0.317. The predicted octanol–water partition coefficient (Wildman–Crippen LogP) is 2.22. The Balaban J connectivity index is 2.76. The van der Waals surface area contributed by atoms with Gasteiger partial charge in [-0.3, -0.25) is 0 Å². The van der Waals surface area contributed by atoms with E-state index in [1.165, 1.54) is 12.1 Å². The second kappa shape index (κ2) is 3.85. The van der Waals surface area contributed by atoms with Gasteiger partial charge in [0.1, 0.15) is 5.82 Å². The van der Waals surface area contributed by atoms with E-state index in [0.29, 0.717) is 12.1 Å². The molecule has 0 amide bonds. The molecule has 0 saturated carbocycles. The topological polar surface area (TPSA) is 32.6 Å². The zero-order valence-corrected chi connectivity index (χ0v) is 6.79. The summed E-state index contributed by atoms with van der Waals surface area (Å²) in [6.07, 6.45) is 0.480. The molecule has 1 N–H and O–H groups in total. The van der Waals surface area contributed by atoms with E-state index in [2.05, 4.69) is 5.16 Å². The SMILES string of the molecule is C/C(Cc1cccc(F)c1)=N\O. The third kappa shape index (κ3) is 2.34. The molecule has 3 heteroatoms. The maximum atomic E-state index is 12.6. The lowest BCUT2D eigenvalue weighted by atomic mass is 10.1. The molecule has 1 aromatic carbocycles. The summed E-state index contributed by atoms with van der Waals surface area (Å²) >= 11 is 0. The summed E-state index contributed by atoms with van der Waals surface area (Å²) in [5.74, 6) is -0.266. The van der Waals surface area contributed by atoms with E-state index in [1.807, 2.05) is 0 Å². The molecule has 0 bridgehead atoms. The number of oxime groups is 1. The van der Waals surface area contributed by atoms with Crippen LogP contribution >= 0.6 is 0 Å². The molecule has 0 aliphatic heterocycles. The molecule has 0 spiro atoms. The van der Waals surface area contributed by atoms with Crippen LogP contribution in [0.15, 0.2) is 29.4 Å². The maximum absolute atomic E-state index is 12.6. The molecule has 0 heterocycles. The molecule has 0 unspecified atom stereocenters. The first-order chi connectivity index (χ1) is 5.72. The van der Waals surface area contributed by atoms with Crippen molar-refractivity contribution in [1.82, 2.24) is 0 Å². The average molecular weight is 167 g/mol. The van der Waals surface area contributed by atoms with Crippen molar-refractivity contribution in [3.63, 3.8) is 0 Å². The van der Waals surface area contributed by atoms with Crippen LogP contribution in [0, 0.1) is 5.82 Å². The van der Waals surface area contributed by atoms with Gasteiger partial charge in [-0.2, -0.15) is 0 Å². The largest absolute Gasteiger partial charge is 0.411 e. The van der Waals surface area contributed by atoms with Gasteiger partial charge in [-0.1, -0.05) is 17.3 Å². The number of benzene rings is 1. The highest BCUT2D eigenvalue weighted by atomic mass is 19.1. The Morgan fingerprint density at radius 1 is 1.58 bits per heavy atom. The van der Waals surface area contributed by atoms with Crippen molar-refractivity contribution >= 4 is 5.71 Å². The van der Waals surface area contributed by atoms with Crippen LogP contribution < -0.4 is 0 Å². The minimum absolute atomic E-state index is 0.266. The van der Waals surface area contributed by atoms with Crippen LogP contribution in [0.5, 0.6) is 0 Å². The second-order valence-electron chi connectivity index (χ2n) is 2.64. The molecule has 1 aromatic rings. The third-order valence-electron chi connectivity index (χ3n) is 1.52. The monoisotopic (exact) mass is 167 g/mol. The van der Waals surface area contributed by atoms with E-state index >= 15 is 0 Å². The summed E-state index contributed by atoms with van der Waals surface area (Å²) in [5, 5.41) is 11.4. The highest BCUT2D eigenvalue weighted by Gasteiger charge is 1.97. The summed E-state index contributed by atoms with van der Waals surface area (Å²) in [5.41, 5.74) is 1.38. The molecule has 0 saturated heterocycles. The van der Waals surface area contributed by atoms with E-state index in [1.54, 1.807) is 19.1 Å². The van der Waals surface area contributed by atoms with Gasteiger partial charge in [-0.05, 0) is 24.6 Å². The van der Waals surface area contributed by atoms with Gasteiger partial charge in [0, 0.05) is 6.42 Å². The quantitative estimate of drug-likeness (QED) is 0.409. The van der Waals surface area contributed by atoms with Crippen molar-refractivity contribution in [1.29, 1.82) is 0 Å². The minimum atomic E-state index is -0.266. The van der Waals surface area contributed by atoms with Crippen molar-refractivity contribution in [2.24, 2.45) is 5.16 Å². The summed E-state index contributed by atoms with van der Waals surface area (Å²) < 4.78 is 12.6. The molecule has 64 valence electrons. The summed E-state index contributed by atoms with van der Waals surface area (Å²) in [6, 6.07) is 6.23. The first-order valence-electron chi connectivity index (χ1n) is 3.64. The van der Waals surface area contributed by atoms with Crippen LogP contribution in [0.25, 0.3) is 0 Å². The fourth-order valence-corrected chi connectivity index (χ4v) is 0.978. The van der Waals surface area contributed by atoms with Gasteiger partial charge in [-0.15, -0.1) is 0 Å². The number of hydrogen-bond donors (Lipinski definition) is 1. The number of nitrogens with zero attached hydrogens (tertiary/aromatic N) is 1. The zero-order valence-electron chi connectivity index (χ0n) is 6.79. The lowest BCUT2D eigenvalue weighted by Crippen LogP contribution is -1.97. The van der Waals surface area contributed by atoms with Gasteiger partial charge in [0.2, 0.25) is 0 Å². The maximum Gasteiger partial charge on any atom is 0.123 e. The Hall–Kier alpha value is -1.38. The lowest BCUT2D eigenvalue weighted by Gasteiger charge is -1.98. The predicted molar refractivity (Wildman–Crippen MR) is 45.0 cm³/mol. The van der Waals surface area contributed by atoms with Crippen molar-refractivity contribution in [3.8, 4) is 0 Å². The van der Waals surface area contributed by atoms with Crippen molar-refractivity contribution in [3.05, 3.63) is 35.6 Å². The van der Waals surface area contributed by atoms with Crippen molar-refractivity contribution in [2.75, 3.05) is 0 Å². The first kappa shape index (κ1) is 8.71. The van der Waals surface area contributed by atoms with Crippen LogP contribution in [-0.2, 0) is 6.42 Å². The van der Waals surface area contributed by atoms with E-state index in [4.69, 9.17) is 5.21 Å². The van der Waals surface area contributed by atoms with E-state index in [9.17, 15) is 4.39 Å². The average Bonchev–Trinajstić information content (AvgIpc) is 2.04. The fourth-order valence-electron chi connectivity index (χ4n) is 0.978. The number of rotatable bonds is 2. The summed E-state index contributed by atoms with van der Waals surface area (Å²) in [4.78, 5) is 0. The normalized spacial score (nSPS) is 11.7. The fraction of sp³-hybridized carbons (Fsp3) is 0.222. The molecule has 2 nitrogen and oxygen atoms in total. The van der Waals surface area contributed by atoms with Crippen molar-refractivity contribution in [2.45, 2.75) is 13.3 Å². The number of hydrogen-bond acceptors (Lipinski definition) is 2. The second-order valence-corrected chi connectivity index (χ2v) is 2.64. The molecule has 12 heavy (non-hydrogen) atoms. The Morgan fingerprint density at radius 3 is 2.92 bits per heavy atom. The molecule has 0 aliphatic rings. The van der Waals surface area contributed by atoms with E-state index in [-0.39, 0.29) is 5.82 Å². The Bertz CT molecular complexity index is 296. The van der Waals surface area contributed by atoms with E-state index < -0.39 is 0 Å². The van der Waals surface area contributed by atoms with E-state index in [0.717, 1.165) is 5.56 Å². The highest BCUT2D eigenvalue weighted by Crippen LogP contribution is 2.04. The number of halogens is 1. The molecule has 0 aromatic heterocycles. The zero-order chi connectivity index (χ0) is 8.97. The molecule has 0 atom stereocenters. The Morgan fingerprint density at radius 2 is 2.33 bits per heavy atom. The molecular formula is C9H10FNO. The van der Waals surface area contributed by atoms with Gasteiger partial charge < -0.3 is 5.21 Å². The molecule has 1 rings (SSSR count).